The quantitative estimate of drug-likeness (QED) is 0.267. The van der Waals surface area contributed by atoms with E-state index in [1.165, 1.54) is 23.1 Å². The molecule has 1 aliphatic rings. The number of esters is 1. The Hall–Kier alpha value is -2.27. The number of anilines is 1. The first-order valence-corrected chi connectivity index (χ1v) is 13.6. The van der Waals surface area contributed by atoms with E-state index in [4.69, 9.17) is 32.7 Å². The second kappa shape index (κ2) is 11.2. The van der Waals surface area contributed by atoms with E-state index < -0.39 is 6.10 Å². The van der Waals surface area contributed by atoms with E-state index in [0.717, 1.165) is 29.7 Å². The van der Waals surface area contributed by atoms with Gasteiger partial charge in [-0.2, -0.15) is 0 Å². The Bertz CT molecular complexity index is 1260. The van der Waals surface area contributed by atoms with E-state index in [1.54, 1.807) is 36.7 Å². The van der Waals surface area contributed by atoms with Crippen LogP contribution in [0.1, 0.15) is 53.0 Å². The summed E-state index contributed by atoms with van der Waals surface area (Å²) in [5.41, 5.74) is 1.50. The molecule has 186 valence electrons. The molecule has 12 heteroatoms. The maximum atomic E-state index is 12.7. The molecule has 2 heterocycles. The number of thiophene rings is 1. The van der Waals surface area contributed by atoms with Crippen molar-refractivity contribution in [2.24, 2.45) is 7.05 Å². The number of amides is 1. The SMILES string of the molecule is CCOC(=O)c1c(NC(=O)CSc2nnc(C(C)Oc3cc(Cl)ccc3Cl)n2C)sc2c1CCC2. The number of ether oxygens (including phenoxy) is 2. The number of carbonyl (C=O) groups is 2. The Kier molecular flexibility index (Phi) is 8.26. The number of fused-ring (bicyclic) bond motifs is 1. The predicted molar refractivity (Wildman–Crippen MR) is 138 cm³/mol. The molecule has 0 fully saturated rings. The highest BCUT2D eigenvalue weighted by molar-refractivity contribution is 7.99. The lowest BCUT2D eigenvalue weighted by atomic mass is 10.1. The van der Waals surface area contributed by atoms with Crippen molar-refractivity contribution in [1.82, 2.24) is 14.8 Å². The molecule has 0 saturated heterocycles. The Morgan fingerprint density at radius 2 is 2.09 bits per heavy atom. The summed E-state index contributed by atoms with van der Waals surface area (Å²) in [6.45, 7) is 3.88. The van der Waals surface area contributed by atoms with Crippen LogP contribution in [0.15, 0.2) is 23.4 Å². The second-order valence-corrected chi connectivity index (χ2v) is 10.7. The van der Waals surface area contributed by atoms with Crippen molar-refractivity contribution in [1.29, 1.82) is 0 Å². The van der Waals surface area contributed by atoms with Gasteiger partial charge in [-0.3, -0.25) is 4.79 Å². The van der Waals surface area contributed by atoms with E-state index in [2.05, 4.69) is 15.5 Å². The number of hydrogen-bond donors (Lipinski definition) is 1. The van der Waals surface area contributed by atoms with E-state index in [9.17, 15) is 9.59 Å². The standard InChI is InChI=1S/C23H24Cl2N4O4S2/c1-4-32-22(31)19-14-6-5-7-17(14)35-21(19)26-18(30)11-34-23-28-27-20(29(23)3)12(2)33-16-10-13(24)8-9-15(16)25/h8-10,12H,4-7,11H2,1-3H3,(H,26,30). The van der Waals surface area contributed by atoms with Crippen molar-refractivity contribution < 1.29 is 19.1 Å². The highest BCUT2D eigenvalue weighted by atomic mass is 35.5. The molecule has 1 N–H and O–H groups in total. The molecule has 1 atom stereocenters. The van der Waals surface area contributed by atoms with Crippen molar-refractivity contribution in [3.63, 3.8) is 0 Å². The van der Waals surface area contributed by atoms with Crippen molar-refractivity contribution >= 4 is 63.2 Å². The highest BCUT2D eigenvalue weighted by Crippen LogP contribution is 2.39. The van der Waals surface area contributed by atoms with Crippen LogP contribution in [-0.2, 0) is 29.4 Å². The van der Waals surface area contributed by atoms with E-state index in [0.29, 0.717) is 37.3 Å². The molecular formula is C23H24Cl2N4O4S2. The average Bonchev–Trinajstić information content (AvgIpc) is 3.49. The topological polar surface area (TPSA) is 95.3 Å². The summed E-state index contributed by atoms with van der Waals surface area (Å²) >= 11 is 14.9. The molecule has 35 heavy (non-hydrogen) atoms. The van der Waals surface area contributed by atoms with Gasteiger partial charge < -0.3 is 19.4 Å². The minimum absolute atomic E-state index is 0.103. The summed E-state index contributed by atoms with van der Waals surface area (Å²) in [6.07, 6.45) is 2.30. The molecule has 0 aliphatic heterocycles. The Morgan fingerprint density at radius 3 is 2.86 bits per heavy atom. The molecule has 3 aromatic rings. The van der Waals surface area contributed by atoms with Crippen LogP contribution in [0.4, 0.5) is 5.00 Å². The van der Waals surface area contributed by atoms with Crippen LogP contribution in [0.25, 0.3) is 0 Å². The summed E-state index contributed by atoms with van der Waals surface area (Å²) in [4.78, 5) is 26.4. The van der Waals surface area contributed by atoms with Gasteiger partial charge in [-0.15, -0.1) is 21.5 Å². The Labute approximate surface area is 221 Å². The van der Waals surface area contributed by atoms with Crippen molar-refractivity contribution in [3.8, 4) is 5.75 Å². The number of nitrogens with zero attached hydrogens (tertiary/aromatic N) is 3. The lowest BCUT2D eigenvalue weighted by Gasteiger charge is -2.15. The number of halogens is 2. The third kappa shape index (κ3) is 5.77. The summed E-state index contributed by atoms with van der Waals surface area (Å²) in [5, 5.41) is 13.4. The zero-order valence-electron chi connectivity index (χ0n) is 19.4. The lowest BCUT2D eigenvalue weighted by molar-refractivity contribution is -0.113. The number of rotatable bonds is 9. The number of carbonyl (C=O) groups excluding carboxylic acids is 2. The molecule has 1 aromatic carbocycles. The van der Waals surface area contributed by atoms with Gasteiger partial charge >= 0.3 is 5.97 Å². The van der Waals surface area contributed by atoms with Gasteiger partial charge in [-0.25, -0.2) is 4.79 Å². The maximum absolute atomic E-state index is 12.7. The molecule has 1 amide bonds. The zero-order valence-corrected chi connectivity index (χ0v) is 22.5. The van der Waals surface area contributed by atoms with Crippen molar-refractivity contribution in [2.45, 2.75) is 44.4 Å². The lowest BCUT2D eigenvalue weighted by Crippen LogP contribution is -2.17. The molecule has 8 nitrogen and oxygen atoms in total. The van der Waals surface area contributed by atoms with E-state index in [1.807, 2.05) is 6.92 Å². The van der Waals surface area contributed by atoms with Crippen LogP contribution >= 0.6 is 46.3 Å². The van der Waals surface area contributed by atoms with Gasteiger partial charge in [0.2, 0.25) is 5.91 Å². The van der Waals surface area contributed by atoms with Crippen LogP contribution in [0.5, 0.6) is 5.75 Å². The highest BCUT2D eigenvalue weighted by Gasteiger charge is 2.28. The summed E-state index contributed by atoms with van der Waals surface area (Å²) in [7, 11) is 1.80. The average molecular weight is 556 g/mol. The molecule has 0 spiro atoms. The summed E-state index contributed by atoms with van der Waals surface area (Å²) < 4.78 is 12.9. The molecule has 1 unspecified atom stereocenters. The third-order valence-electron chi connectivity index (χ3n) is 5.42. The number of aryl methyl sites for hydroxylation is 1. The van der Waals surface area contributed by atoms with Crippen LogP contribution in [0, 0.1) is 0 Å². The van der Waals surface area contributed by atoms with Gasteiger partial charge in [0, 0.05) is 23.0 Å². The van der Waals surface area contributed by atoms with E-state index in [-0.39, 0.29) is 24.2 Å². The normalized spacial score (nSPS) is 13.4. The van der Waals surface area contributed by atoms with Crippen molar-refractivity contribution in [2.75, 3.05) is 17.7 Å². The minimum atomic E-state index is -0.452. The Morgan fingerprint density at radius 1 is 1.29 bits per heavy atom. The van der Waals surface area contributed by atoms with Gasteiger partial charge in [-0.1, -0.05) is 35.0 Å². The first kappa shape index (κ1) is 25.8. The van der Waals surface area contributed by atoms with Gasteiger partial charge in [-0.05, 0) is 50.8 Å². The Balaban J connectivity index is 1.40. The third-order valence-corrected chi connectivity index (χ3v) is 8.19. The first-order chi connectivity index (χ1) is 16.8. The largest absolute Gasteiger partial charge is 0.481 e. The summed E-state index contributed by atoms with van der Waals surface area (Å²) in [5.74, 6) is 0.500. The van der Waals surface area contributed by atoms with Gasteiger partial charge in [0.1, 0.15) is 10.8 Å². The minimum Gasteiger partial charge on any atom is -0.481 e. The van der Waals surface area contributed by atoms with Crippen molar-refractivity contribution in [3.05, 3.63) is 50.1 Å². The summed E-state index contributed by atoms with van der Waals surface area (Å²) in [6, 6.07) is 4.99. The van der Waals surface area contributed by atoms with Gasteiger partial charge in [0.15, 0.2) is 17.1 Å². The van der Waals surface area contributed by atoms with Crippen LogP contribution in [0.3, 0.4) is 0 Å². The number of nitrogens with one attached hydrogen (secondary N) is 1. The molecule has 0 bridgehead atoms. The number of benzene rings is 1. The fourth-order valence-electron chi connectivity index (χ4n) is 3.82. The van der Waals surface area contributed by atoms with Gasteiger partial charge in [0.05, 0.1) is 22.9 Å². The molecule has 4 rings (SSSR count). The molecule has 0 radical (unpaired) electrons. The monoisotopic (exact) mass is 554 g/mol. The first-order valence-electron chi connectivity index (χ1n) is 11.0. The number of aromatic nitrogens is 3. The fraction of sp³-hybridized carbons (Fsp3) is 0.391. The molecule has 1 aliphatic carbocycles. The zero-order chi connectivity index (χ0) is 25.1. The fourth-order valence-corrected chi connectivity index (χ4v) is 6.16. The maximum Gasteiger partial charge on any atom is 0.341 e. The second-order valence-electron chi connectivity index (χ2n) is 7.85. The van der Waals surface area contributed by atoms with Gasteiger partial charge in [0.25, 0.3) is 0 Å². The van der Waals surface area contributed by atoms with Crippen LogP contribution in [0.2, 0.25) is 10.0 Å². The molecule has 2 aromatic heterocycles. The number of thioether (sulfide) groups is 1. The van der Waals surface area contributed by atoms with Crippen LogP contribution in [-0.4, -0.2) is 39.0 Å². The van der Waals surface area contributed by atoms with Crippen LogP contribution < -0.4 is 10.1 Å². The molecule has 0 saturated carbocycles. The number of hydrogen-bond acceptors (Lipinski definition) is 8. The molecular weight excluding hydrogens is 531 g/mol. The predicted octanol–water partition coefficient (Wildman–Crippen LogP) is 5.72. The smallest absolute Gasteiger partial charge is 0.341 e. The van der Waals surface area contributed by atoms with E-state index >= 15 is 0 Å².